The van der Waals surface area contributed by atoms with Crippen molar-refractivity contribution in [2.75, 3.05) is 13.7 Å². The van der Waals surface area contributed by atoms with E-state index in [4.69, 9.17) is 4.74 Å². The van der Waals surface area contributed by atoms with Gasteiger partial charge >= 0.3 is 0 Å². The lowest BCUT2D eigenvalue weighted by atomic mass is 9.98. The molecule has 0 radical (unpaired) electrons. The van der Waals surface area contributed by atoms with Gasteiger partial charge in [-0.15, -0.1) is 0 Å². The van der Waals surface area contributed by atoms with E-state index < -0.39 is 22.0 Å². The first-order chi connectivity index (χ1) is 17.5. The van der Waals surface area contributed by atoms with Crippen LogP contribution in [-0.2, 0) is 16.4 Å². The predicted octanol–water partition coefficient (Wildman–Crippen LogP) is 4.74. The Balaban J connectivity index is 1.57. The third kappa shape index (κ3) is 6.19. The summed E-state index contributed by atoms with van der Waals surface area (Å²) in [4.78, 5) is 13.2. The zero-order valence-electron chi connectivity index (χ0n) is 19.9. The molecule has 0 bridgehead atoms. The van der Waals surface area contributed by atoms with Crippen LogP contribution in [0.25, 0.3) is 0 Å². The van der Waals surface area contributed by atoms with Crippen molar-refractivity contribution in [3.63, 3.8) is 0 Å². The fraction of sp³-hybridized carbons (Fsp3) is 0.138. The van der Waals surface area contributed by atoms with Crippen molar-refractivity contribution in [2.45, 2.75) is 17.4 Å². The first-order valence-corrected chi connectivity index (χ1v) is 13.1. The number of amides is 1. The molecule has 36 heavy (non-hydrogen) atoms. The molecule has 0 aliphatic heterocycles. The van der Waals surface area contributed by atoms with Crippen LogP contribution in [0.1, 0.15) is 33.1 Å². The summed E-state index contributed by atoms with van der Waals surface area (Å²) in [5.74, 6) is -0.225. The second kappa shape index (κ2) is 11.7. The van der Waals surface area contributed by atoms with E-state index in [2.05, 4.69) is 10.0 Å². The Bertz CT molecular complexity index is 1350. The molecule has 0 saturated carbocycles. The monoisotopic (exact) mass is 500 g/mol. The third-order valence-electron chi connectivity index (χ3n) is 5.81. The number of benzene rings is 4. The highest BCUT2D eigenvalue weighted by molar-refractivity contribution is 7.89. The minimum atomic E-state index is -3.92. The largest absolute Gasteiger partial charge is 0.495 e. The van der Waals surface area contributed by atoms with E-state index in [9.17, 15) is 13.2 Å². The Hall–Kier alpha value is -3.94. The van der Waals surface area contributed by atoms with E-state index >= 15 is 0 Å². The third-order valence-corrected chi connectivity index (χ3v) is 7.29. The van der Waals surface area contributed by atoms with Crippen LogP contribution in [-0.4, -0.2) is 28.0 Å². The fourth-order valence-corrected chi connectivity index (χ4v) is 5.17. The Kier molecular flexibility index (Phi) is 8.15. The molecule has 0 unspecified atom stereocenters. The van der Waals surface area contributed by atoms with Gasteiger partial charge in [-0.25, -0.2) is 13.1 Å². The van der Waals surface area contributed by atoms with Crippen molar-refractivity contribution in [3.05, 3.63) is 131 Å². The van der Waals surface area contributed by atoms with Crippen molar-refractivity contribution in [3.8, 4) is 5.75 Å². The number of nitrogens with one attached hydrogen (secondary N) is 2. The highest BCUT2D eigenvalue weighted by Crippen LogP contribution is 2.27. The molecule has 0 saturated heterocycles. The number of rotatable bonds is 10. The van der Waals surface area contributed by atoms with Gasteiger partial charge in [0.15, 0.2) is 0 Å². The Morgan fingerprint density at radius 1 is 0.806 bits per heavy atom. The van der Waals surface area contributed by atoms with Crippen LogP contribution in [0.15, 0.2) is 114 Å². The lowest BCUT2D eigenvalue weighted by molar-refractivity contribution is 0.0942. The Labute approximate surface area is 212 Å². The van der Waals surface area contributed by atoms with E-state index in [-0.39, 0.29) is 22.8 Å². The molecule has 4 rings (SSSR count). The predicted molar refractivity (Wildman–Crippen MR) is 141 cm³/mol. The summed E-state index contributed by atoms with van der Waals surface area (Å²) in [5, 5.41) is 3.05. The number of carbonyl (C=O) groups excluding carboxylic acids is 1. The smallest absolute Gasteiger partial charge is 0.252 e. The van der Waals surface area contributed by atoms with Crippen molar-refractivity contribution in [1.82, 2.24) is 10.0 Å². The molecule has 6 nitrogen and oxygen atoms in total. The maximum absolute atomic E-state index is 13.3. The molecule has 0 aliphatic carbocycles. The first kappa shape index (κ1) is 25.2. The van der Waals surface area contributed by atoms with Crippen LogP contribution >= 0.6 is 0 Å². The summed E-state index contributed by atoms with van der Waals surface area (Å²) >= 11 is 0. The van der Waals surface area contributed by atoms with Crippen LogP contribution in [0, 0.1) is 0 Å². The fourth-order valence-electron chi connectivity index (χ4n) is 3.94. The van der Waals surface area contributed by atoms with Crippen LogP contribution in [0.4, 0.5) is 0 Å². The first-order valence-electron chi connectivity index (χ1n) is 11.6. The number of sulfonamides is 1. The lowest BCUT2D eigenvalue weighted by Gasteiger charge is -2.20. The lowest BCUT2D eigenvalue weighted by Crippen LogP contribution is -2.30. The standard InChI is InChI=1S/C29H28N2O4S/c1-35-26-18-17-25(21-27(26)36(33,34)30-20-19-22-11-5-2-6-12-22)29(32)31-28(23-13-7-3-8-14-23)24-15-9-4-10-16-24/h2-18,21,28,30H,19-20H2,1H3,(H,31,32). The van der Waals surface area contributed by atoms with E-state index in [1.807, 2.05) is 91.0 Å². The zero-order valence-corrected chi connectivity index (χ0v) is 20.7. The van der Waals surface area contributed by atoms with E-state index in [0.717, 1.165) is 16.7 Å². The molecule has 0 heterocycles. The van der Waals surface area contributed by atoms with Gasteiger partial charge in [0, 0.05) is 12.1 Å². The number of methoxy groups -OCH3 is 1. The molecule has 7 heteroatoms. The average Bonchev–Trinajstić information content (AvgIpc) is 2.92. The summed E-state index contributed by atoms with van der Waals surface area (Å²) in [6.07, 6.45) is 0.540. The minimum absolute atomic E-state index is 0.0818. The zero-order chi connectivity index (χ0) is 25.4. The summed E-state index contributed by atoms with van der Waals surface area (Å²) in [6.45, 7) is 0.218. The van der Waals surface area contributed by atoms with Gasteiger partial charge in [-0.3, -0.25) is 4.79 Å². The quantitative estimate of drug-likeness (QED) is 0.330. The summed E-state index contributed by atoms with van der Waals surface area (Å²) in [7, 11) is -2.52. The summed E-state index contributed by atoms with van der Waals surface area (Å²) < 4.78 is 34.2. The van der Waals surface area contributed by atoms with E-state index in [1.54, 1.807) is 6.07 Å². The van der Waals surface area contributed by atoms with Crippen LogP contribution in [0.2, 0.25) is 0 Å². The van der Waals surface area contributed by atoms with Crippen LogP contribution in [0.3, 0.4) is 0 Å². The molecule has 0 fully saturated rings. The Morgan fingerprint density at radius 2 is 1.36 bits per heavy atom. The van der Waals surface area contributed by atoms with Crippen molar-refractivity contribution in [2.24, 2.45) is 0 Å². The SMILES string of the molecule is COc1ccc(C(=O)NC(c2ccccc2)c2ccccc2)cc1S(=O)(=O)NCCc1ccccc1. The van der Waals surface area contributed by atoms with Crippen LogP contribution < -0.4 is 14.8 Å². The number of ether oxygens (including phenoxy) is 1. The van der Waals surface area contributed by atoms with Gasteiger partial charge in [-0.1, -0.05) is 91.0 Å². The van der Waals surface area contributed by atoms with Gasteiger partial charge in [0.2, 0.25) is 10.0 Å². The molecular formula is C29H28N2O4S. The number of hydrogen-bond acceptors (Lipinski definition) is 4. The maximum Gasteiger partial charge on any atom is 0.252 e. The number of carbonyl (C=O) groups is 1. The second-order valence-corrected chi connectivity index (χ2v) is 9.96. The molecule has 184 valence electrons. The topological polar surface area (TPSA) is 84.5 Å². The van der Waals surface area contributed by atoms with Gasteiger partial charge in [-0.05, 0) is 41.3 Å². The van der Waals surface area contributed by atoms with E-state index in [1.165, 1.54) is 19.2 Å². The minimum Gasteiger partial charge on any atom is -0.495 e. The van der Waals surface area contributed by atoms with Crippen molar-refractivity contribution >= 4 is 15.9 Å². The second-order valence-electron chi connectivity index (χ2n) is 8.23. The van der Waals surface area contributed by atoms with Gasteiger partial charge in [0.05, 0.1) is 13.2 Å². The average molecular weight is 501 g/mol. The molecule has 4 aromatic carbocycles. The van der Waals surface area contributed by atoms with Gasteiger partial charge in [-0.2, -0.15) is 0 Å². The van der Waals surface area contributed by atoms with Crippen molar-refractivity contribution < 1.29 is 17.9 Å². The highest BCUT2D eigenvalue weighted by Gasteiger charge is 2.23. The molecule has 0 aliphatic rings. The normalized spacial score (nSPS) is 11.3. The Morgan fingerprint density at radius 3 is 1.92 bits per heavy atom. The summed E-state index contributed by atoms with van der Waals surface area (Å²) in [6, 6.07) is 32.9. The van der Waals surface area contributed by atoms with Gasteiger partial charge < -0.3 is 10.1 Å². The van der Waals surface area contributed by atoms with Gasteiger partial charge in [0.25, 0.3) is 5.91 Å². The molecule has 1 amide bonds. The molecule has 0 spiro atoms. The van der Waals surface area contributed by atoms with Crippen LogP contribution in [0.5, 0.6) is 5.75 Å². The van der Waals surface area contributed by atoms with Gasteiger partial charge in [0.1, 0.15) is 10.6 Å². The molecule has 0 atom stereocenters. The highest BCUT2D eigenvalue weighted by atomic mass is 32.2. The molecule has 0 aromatic heterocycles. The van der Waals surface area contributed by atoms with E-state index in [0.29, 0.717) is 6.42 Å². The summed E-state index contributed by atoms with van der Waals surface area (Å²) in [5.41, 5.74) is 3.08. The molecule has 2 N–H and O–H groups in total. The van der Waals surface area contributed by atoms with Crippen molar-refractivity contribution in [1.29, 1.82) is 0 Å². The maximum atomic E-state index is 13.3. The molecular weight excluding hydrogens is 472 g/mol. The number of hydrogen-bond donors (Lipinski definition) is 2. The molecule has 4 aromatic rings.